The van der Waals surface area contributed by atoms with Crippen molar-refractivity contribution in [3.8, 4) is 0 Å². The molecular formula is C27H36N5O10PS. The van der Waals surface area contributed by atoms with E-state index >= 15 is 0 Å². The number of nitrogens with two attached hydrogens (primary N) is 1. The average molecular weight is 654 g/mol. The van der Waals surface area contributed by atoms with E-state index in [4.69, 9.17) is 29.0 Å². The van der Waals surface area contributed by atoms with E-state index in [9.17, 15) is 24.1 Å². The number of anilines is 1. The summed E-state index contributed by atoms with van der Waals surface area (Å²) in [5.41, 5.74) is 5.57. The molecule has 2 aromatic rings. The molecule has 0 amide bonds. The first kappa shape index (κ1) is 33.8. The van der Waals surface area contributed by atoms with Gasteiger partial charge in [-0.25, -0.2) is 19.4 Å². The van der Waals surface area contributed by atoms with Gasteiger partial charge in [-0.1, -0.05) is 42.1 Å². The maximum atomic E-state index is 13.9. The van der Waals surface area contributed by atoms with Crippen LogP contribution in [-0.4, -0.2) is 83.1 Å². The minimum Gasteiger partial charge on any atom is -0.430 e. The van der Waals surface area contributed by atoms with E-state index in [-0.39, 0.29) is 55.5 Å². The molecule has 0 aliphatic carbocycles. The van der Waals surface area contributed by atoms with Crippen molar-refractivity contribution < 1.29 is 42.5 Å². The van der Waals surface area contributed by atoms with Gasteiger partial charge in [-0.05, 0) is 26.3 Å². The second kappa shape index (κ2) is 14.8. The predicted molar refractivity (Wildman–Crippen MR) is 162 cm³/mol. The zero-order valence-corrected chi connectivity index (χ0v) is 26.2. The van der Waals surface area contributed by atoms with E-state index in [2.05, 4.69) is 20.0 Å². The molecule has 0 saturated carbocycles. The quantitative estimate of drug-likeness (QED) is 0.117. The number of hydrogen-bond acceptors (Lipinski definition) is 14. The molecule has 17 heteroatoms. The van der Waals surface area contributed by atoms with Crippen LogP contribution in [0.2, 0.25) is 0 Å². The highest BCUT2D eigenvalue weighted by Gasteiger charge is 2.39. The first-order valence-electron chi connectivity index (χ1n) is 13.8. The molecule has 1 saturated heterocycles. The zero-order chi connectivity index (χ0) is 31.9. The van der Waals surface area contributed by atoms with Gasteiger partial charge in [-0.2, -0.15) is 0 Å². The Bertz CT molecular complexity index is 1460. The lowest BCUT2D eigenvalue weighted by atomic mass is 9.97. The maximum Gasteiger partial charge on any atom is 0.508 e. The Morgan fingerprint density at radius 1 is 1.30 bits per heavy atom. The monoisotopic (exact) mass is 653 g/mol. The third kappa shape index (κ3) is 8.75. The number of thioether (sulfide) groups is 1. The number of aromatic nitrogens is 2. The standard InChI is InChI=1S/C27H36N5O10PS/c1-16(18-12-29-22-21(18)31-25(28)32-23(22)34)41-20(19-13-38-26(36)42-19)14-40-43(37,30-11-17-7-5-4-6-8-17)39-9-10-44-24(35)27(2,3)15-33/h4-8,12,16,18-20,33H,9-11,13-15H2,1-3H3,(H,30,37)(H3,28,31,32,34)/t16?,18?,19?,20-,43?/m1/s1. The van der Waals surface area contributed by atoms with E-state index in [0.29, 0.717) is 5.69 Å². The first-order chi connectivity index (χ1) is 20.9. The molecule has 0 spiro atoms. The zero-order valence-electron chi connectivity index (χ0n) is 24.5. The van der Waals surface area contributed by atoms with Crippen LogP contribution in [0.25, 0.3) is 0 Å². The smallest absolute Gasteiger partial charge is 0.430 e. The lowest BCUT2D eigenvalue weighted by Crippen LogP contribution is -2.39. The molecule has 4 unspecified atom stereocenters. The SMILES string of the molecule is CC(O[C@H](COP(=O)(NCc1ccccc1)OCCSC(=O)C(C)(C)CO)C1COC(=O)O1)C1C=Nc2c1nc(N)[nH]c2=O. The summed E-state index contributed by atoms with van der Waals surface area (Å²) in [5.74, 6) is -0.479. The summed E-state index contributed by atoms with van der Waals surface area (Å²) >= 11 is 0.948. The highest BCUT2D eigenvalue weighted by molar-refractivity contribution is 8.13. The van der Waals surface area contributed by atoms with Gasteiger partial charge in [0.1, 0.15) is 12.7 Å². The molecule has 0 bridgehead atoms. The molecule has 5 atom stereocenters. The van der Waals surface area contributed by atoms with Gasteiger partial charge in [0.2, 0.25) is 5.95 Å². The number of nitrogens with one attached hydrogen (secondary N) is 2. The van der Waals surface area contributed by atoms with Gasteiger partial charge in [-0.3, -0.25) is 28.6 Å². The molecule has 44 heavy (non-hydrogen) atoms. The predicted octanol–water partition coefficient (Wildman–Crippen LogP) is 2.67. The largest absolute Gasteiger partial charge is 0.508 e. The van der Waals surface area contributed by atoms with Crippen LogP contribution in [0.5, 0.6) is 0 Å². The van der Waals surface area contributed by atoms with Gasteiger partial charge in [0.05, 0.1) is 43.0 Å². The Labute approximate surface area is 257 Å². The van der Waals surface area contributed by atoms with Crippen LogP contribution in [0.3, 0.4) is 0 Å². The number of carbonyl (C=O) groups is 2. The van der Waals surface area contributed by atoms with Crippen LogP contribution < -0.4 is 16.4 Å². The van der Waals surface area contributed by atoms with Crippen molar-refractivity contribution in [2.45, 2.75) is 51.5 Å². The van der Waals surface area contributed by atoms with Crippen LogP contribution in [0.15, 0.2) is 40.1 Å². The van der Waals surface area contributed by atoms with Gasteiger partial charge in [-0.15, -0.1) is 0 Å². The number of cyclic esters (lactones) is 2. The van der Waals surface area contributed by atoms with Crippen LogP contribution in [0.4, 0.5) is 16.4 Å². The van der Waals surface area contributed by atoms with Crippen molar-refractivity contribution in [2.24, 2.45) is 10.4 Å². The summed E-state index contributed by atoms with van der Waals surface area (Å²) in [5, 5.41) is 12.0. The number of aromatic amines is 1. The van der Waals surface area contributed by atoms with Crippen molar-refractivity contribution in [2.75, 3.05) is 37.9 Å². The Balaban J connectivity index is 1.46. The molecule has 0 radical (unpaired) electrons. The number of hydrogen-bond donors (Lipinski definition) is 4. The molecule has 15 nitrogen and oxygen atoms in total. The molecule has 2 aliphatic heterocycles. The number of benzene rings is 1. The number of nitrogen functional groups attached to an aromatic ring is 1. The van der Waals surface area contributed by atoms with Crippen molar-refractivity contribution >= 4 is 48.6 Å². The highest BCUT2D eigenvalue weighted by atomic mass is 32.2. The molecule has 5 N–H and O–H groups in total. The second-order valence-electron chi connectivity index (χ2n) is 10.7. The van der Waals surface area contributed by atoms with Gasteiger partial charge >= 0.3 is 13.9 Å². The Hall–Kier alpha value is -3.11. The third-order valence-electron chi connectivity index (χ3n) is 6.80. The number of rotatable bonds is 16. The number of aliphatic hydroxyl groups is 1. The number of ether oxygens (including phenoxy) is 3. The van der Waals surface area contributed by atoms with Crippen LogP contribution >= 0.6 is 19.5 Å². The molecule has 240 valence electrons. The molecule has 3 heterocycles. The molecule has 2 aliphatic rings. The lowest BCUT2D eigenvalue weighted by Gasteiger charge is -2.29. The molecule has 1 aromatic carbocycles. The fourth-order valence-electron chi connectivity index (χ4n) is 4.18. The van der Waals surface area contributed by atoms with Crippen molar-refractivity contribution in [1.29, 1.82) is 0 Å². The number of aliphatic hydroxyl groups excluding tert-OH is 1. The third-order valence-corrected chi connectivity index (χ3v) is 9.54. The molecule has 1 fully saturated rings. The van der Waals surface area contributed by atoms with E-state index in [0.717, 1.165) is 17.3 Å². The maximum absolute atomic E-state index is 13.9. The number of H-pyrrole nitrogens is 1. The number of nitrogens with zero attached hydrogens (tertiary/aromatic N) is 2. The van der Waals surface area contributed by atoms with Crippen LogP contribution in [-0.2, 0) is 39.2 Å². The summed E-state index contributed by atoms with van der Waals surface area (Å²) in [6, 6.07) is 9.17. The minimum absolute atomic E-state index is 0.0724. The van der Waals surface area contributed by atoms with Crippen LogP contribution in [0.1, 0.15) is 37.9 Å². The molecule has 4 rings (SSSR count). The van der Waals surface area contributed by atoms with Gasteiger partial charge in [0, 0.05) is 18.5 Å². The van der Waals surface area contributed by atoms with E-state index in [1.165, 1.54) is 6.21 Å². The average Bonchev–Trinajstić information content (AvgIpc) is 3.63. The fourth-order valence-corrected chi connectivity index (χ4v) is 6.42. The summed E-state index contributed by atoms with van der Waals surface area (Å²) in [6.45, 7) is 4.18. The van der Waals surface area contributed by atoms with Crippen molar-refractivity contribution in [1.82, 2.24) is 15.1 Å². The van der Waals surface area contributed by atoms with Crippen molar-refractivity contribution in [3.05, 3.63) is 51.9 Å². The topological polar surface area (TPSA) is 214 Å². The van der Waals surface area contributed by atoms with Crippen molar-refractivity contribution in [3.63, 3.8) is 0 Å². The normalized spacial score (nSPS) is 20.4. The Kier molecular flexibility index (Phi) is 11.3. The van der Waals surface area contributed by atoms with Crippen LogP contribution in [0, 0.1) is 5.41 Å². The summed E-state index contributed by atoms with van der Waals surface area (Å²) < 4.78 is 41.8. The highest BCUT2D eigenvalue weighted by Crippen LogP contribution is 2.45. The van der Waals surface area contributed by atoms with Gasteiger partial charge < -0.3 is 25.1 Å². The molecule has 1 aromatic heterocycles. The van der Waals surface area contributed by atoms with Gasteiger partial charge in [0.15, 0.2) is 16.9 Å². The fraction of sp³-hybridized carbons (Fsp3) is 0.519. The number of carbonyl (C=O) groups excluding carboxylic acids is 2. The minimum atomic E-state index is -4.02. The molecular weight excluding hydrogens is 617 g/mol. The first-order valence-corrected chi connectivity index (χ1v) is 16.3. The Morgan fingerprint density at radius 2 is 2.05 bits per heavy atom. The van der Waals surface area contributed by atoms with E-state index < -0.39 is 49.1 Å². The van der Waals surface area contributed by atoms with Gasteiger partial charge in [0.25, 0.3) is 5.56 Å². The summed E-state index contributed by atoms with van der Waals surface area (Å²) in [6.07, 6.45) is -1.93. The summed E-state index contributed by atoms with van der Waals surface area (Å²) in [7, 11) is -4.02. The van der Waals surface area contributed by atoms with E-state index in [1.54, 1.807) is 20.8 Å². The number of aliphatic imine (C=N–C) groups is 1. The second-order valence-corrected chi connectivity index (χ2v) is 13.6. The van der Waals surface area contributed by atoms with E-state index in [1.807, 2.05) is 30.3 Å². The lowest BCUT2D eigenvalue weighted by molar-refractivity contribution is -0.119. The summed E-state index contributed by atoms with van der Waals surface area (Å²) in [4.78, 5) is 47.1. The number of fused-ring (bicyclic) bond motifs is 1. The Morgan fingerprint density at radius 3 is 2.73 bits per heavy atom.